The van der Waals surface area contributed by atoms with E-state index in [9.17, 15) is 75.8 Å². The van der Waals surface area contributed by atoms with Crippen LogP contribution in [0.1, 0.15) is 65.5 Å². The van der Waals surface area contributed by atoms with E-state index in [1.54, 1.807) is 44.2 Å². The number of halogens is 14. The number of ether oxygens (including phenoxy) is 7. The van der Waals surface area contributed by atoms with E-state index in [2.05, 4.69) is 24.8 Å². The number of pyridine rings is 2. The largest absolute Gasteiger partial charge is 0.573 e. The van der Waals surface area contributed by atoms with Gasteiger partial charge in [0.25, 0.3) is 0 Å². The lowest BCUT2D eigenvalue weighted by atomic mass is 10.0. The van der Waals surface area contributed by atoms with Crippen LogP contribution >= 0.6 is 0 Å². The number of nitrogens with zero attached hydrogens (tertiary/aromatic N) is 5. The van der Waals surface area contributed by atoms with Gasteiger partial charge in [0.1, 0.15) is 28.6 Å². The summed E-state index contributed by atoms with van der Waals surface area (Å²) in [7, 11) is 2.47. The molecular weight excluding hydrogens is 1190 g/mol. The van der Waals surface area contributed by atoms with E-state index in [0.717, 1.165) is 29.2 Å². The Morgan fingerprint density at radius 3 is 1.43 bits per heavy atom. The number of benzene rings is 4. The van der Waals surface area contributed by atoms with Gasteiger partial charge in [0, 0.05) is 48.5 Å². The van der Waals surface area contributed by atoms with Crippen molar-refractivity contribution >= 4 is 40.7 Å². The van der Waals surface area contributed by atoms with Crippen LogP contribution in [0.5, 0.6) is 34.5 Å². The van der Waals surface area contributed by atoms with E-state index in [1.165, 1.54) is 80.7 Å². The zero-order valence-corrected chi connectivity index (χ0v) is 46.3. The van der Waals surface area contributed by atoms with E-state index in [0.29, 0.717) is 57.4 Å². The molecule has 0 fully saturated rings. The van der Waals surface area contributed by atoms with Crippen LogP contribution in [-0.4, -0.2) is 94.8 Å². The van der Waals surface area contributed by atoms with Crippen molar-refractivity contribution in [3.8, 4) is 57.0 Å². The number of amides is 1. The Balaban J connectivity index is 0.000000252. The van der Waals surface area contributed by atoms with Crippen LogP contribution in [0, 0.1) is 25.5 Å². The van der Waals surface area contributed by atoms with Gasteiger partial charge in [0.05, 0.1) is 85.7 Å². The summed E-state index contributed by atoms with van der Waals surface area (Å²) in [6, 6.07) is 16.8. The van der Waals surface area contributed by atoms with Gasteiger partial charge in [-0.2, -0.15) is 26.3 Å². The van der Waals surface area contributed by atoms with Gasteiger partial charge in [-0.1, -0.05) is 12.1 Å². The molecule has 0 atom stereocenters. The average Bonchev–Trinajstić information content (AvgIpc) is 3.76. The van der Waals surface area contributed by atoms with Crippen molar-refractivity contribution < 1.29 is 109 Å². The number of methoxy groups -OCH3 is 2. The van der Waals surface area contributed by atoms with E-state index < -0.39 is 97.8 Å². The molecule has 4 heterocycles. The molecule has 0 saturated carbocycles. The highest BCUT2D eigenvalue weighted by molar-refractivity contribution is 5.95. The van der Waals surface area contributed by atoms with Crippen LogP contribution in [0.15, 0.2) is 110 Å². The molecule has 0 spiro atoms. The Kier molecular flexibility index (Phi) is 19.1. The standard InChI is InChI=1S/C31H28F7N3O6.C26H20F7N3O4/c1-17-12-18(6-8-21(17)27(42)44-5)24-15-39-26-23(40(11-10-30(33,34)35)28(43)47-29(2,3)4)14-20(16-41(24)26)45-19-7-9-25(22(32)13-19)46-31(36,37)38;1-14-9-15(3-5-18(14)24(37)38-2)21-12-35-23-20(34-8-7-25(28,29)30)11-17(13-36(21)23)39-16-4-6-22(19(27)10-16)40-26(31,32)33/h6-9,12-16H,10-11H2,1-5H3;3-6,9-13,34H,7-8H2,1-2H3. The molecule has 0 aliphatic rings. The third-order valence-electron chi connectivity index (χ3n) is 12.0. The molecule has 0 bridgehead atoms. The highest BCUT2D eigenvalue weighted by atomic mass is 19.4. The summed E-state index contributed by atoms with van der Waals surface area (Å²) < 4.78 is 219. The minimum Gasteiger partial charge on any atom is -0.465 e. The molecule has 0 unspecified atom stereocenters. The first-order valence-corrected chi connectivity index (χ1v) is 25.2. The van der Waals surface area contributed by atoms with Crippen molar-refractivity contribution in [1.29, 1.82) is 0 Å². The molecule has 4 aromatic carbocycles. The maximum atomic E-state index is 14.5. The maximum Gasteiger partial charge on any atom is 0.573 e. The maximum absolute atomic E-state index is 14.5. The van der Waals surface area contributed by atoms with Crippen molar-refractivity contribution in [2.24, 2.45) is 0 Å². The smallest absolute Gasteiger partial charge is 0.465 e. The van der Waals surface area contributed by atoms with Gasteiger partial charge in [0.15, 0.2) is 34.4 Å². The molecule has 464 valence electrons. The summed E-state index contributed by atoms with van der Waals surface area (Å²) in [4.78, 5) is 46.8. The number of carbonyl (C=O) groups is 3. The molecule has 30 heteroatoms. The van der Waals surface area contributed by atoms with Gasteiger partial charge in [-0.25, -0.2) is 33.1 Å². The van der Waals surface area contributed by atoms with Gasteiger partial charge in [-0.15, -0.1) is 26.3 Å². The Morgan fingerprint density at radius 2 is 1.01 bits per heavy atom. The Morgan fingerprint density at radius 1 is 0.563 bits per heavy atom. The Labute approximate surface area is 483 Å². The van der Waals surface area contributed by atoms with Gasteiger partial charge in [0.2, 0.25) is 0 Å². The number of aryl methyl sites for hydroxylation is 2. The quantitative estimate of drug-likeness (QED) is 0.0552. The highest BCUT2D eigenvalue weighted by Crippen LogP contribution is 2.39. The number of hydrogen-bond acceptors (Lipinski definition) is 13. The van der Waals surface area contributed by atoms with Crippen LogP contribution in [0.3, 0.4) is 0 Å². The molecular formula is C57H48F14N6O10. The zero-order chi connectivity index (χ0) is 64.1. The Bertz CT molecular complexity index is 3830. The number of imidazole rings is 2. The van der Waals surface area contributed by atoms with Crippen molar-refractivity contribution in [1.82, 2.24) is 18.8 Å². The highest BCUT2D eigenvalue weighted by Gasteiger charge is 2.36. The summed E-state index contributed by atoms with van der Waals surface area (Å²) in [5.41, 5.74) is 2.70. The molecule has 0 saturated heterocycles. The van der Waals surface area contributed by atoms with Crippen LogP contribution in [-0.2, 0) is 14.2 Å². The first-order valence-electron chi connectivity index (χ1n) is 25.2. The molecule has 0 aliphatic carbocycles. The lowest BCUT2D eigenvalue weighted by Gasteiger charge is -2.28. The first kappa shape index (κ1) is 65.0. The fraction of sp³-hybridized carbons (Fsp3) is 0.281. The summed E-state index contributed by atoms with van der Waals surface area (Å²) in [5, 5.41) is 2.66. The third-order valence-corrected chi connectivity index (χ3v) is 12.0. The van der Waals surface area contributed by atoms with Crippen molar-refractivity contribution in [3.63, 3.8) is 0 Å². The predicted molar refractivity (Wildman–Crippen MR) is 283 cm³/mol. The summed E-state index contributed by atoms with van der Waals surface area (Å²) in [6.07, 6.45) is -17.5. The van der Waals surface area contributed by atoms with Gasteiger partial charge in [-0.3, -0.25) is 13.7 Å². The number of nitrogens with one attached hydrogen (secondary N) is 1. The SMILES string of the molecule is COC(=O)c1ccc(-c2cnc3c(N(CCC(F)(F)F)C(=O)OC(C)(C)C)cc(Oc4ccc(OC(F)(F)F)c(F)c4)cn23)cc1C.COC(=O)c1ccc(-c2cnc3c(NCCC(F)(F)F)cc(Oc4ccc(OC(F)(F)F)c(F)c4)cn23)cc1C. The number of esters is 2. The second kappa shape index (κ2) is 25.6. The normalized spacial score (nSPS) is 12.1. The second-order valence-electron chi connectivity index (χ2n) is 19.6. The molecule has 8 aromatic rings. The molecule has 0 aliphatic heterocycles. The molecule has 8 rings (SSSR count). The number of rotatable bonds is 16. The van der Waals surface area contributed by atoms with Crippen LogP contribution < -0.4 is 29.2 Å². The van der Waals surface area contributed by atoms with Crippen molar-refractivity contribution in [2.45, 2.75) is 78.1 Å². The number of alkyl halides is 12. The Hall–Kier alpha value is -9.51. The molecule has 16 nitrogen and oxygen atoms in total. The number of hydrogen-bond donors (Lipinski definition) is 1. The molecule has 87 heavy (non-hydrogen) atoms. The zero-order valence-electron chi connectivity index (χ0n) is 46.3. The topological polar surface area (TPSA) is 166 Å². The number of carbonyl (C=O) groups excluding carboxylic acids is 3. The summed E-state index contributed by atoms with van der Waals surface area (Å²) >= 11 is 0. The van der Waals surface area contributed by atoms with Gasteiger partial charge >= 0.3 is 43.1 Å². The first-order chi connectivity index (χ1) is 40.5. The number of aromatic nitrogens is 4. The van der Waals surface area contributed by atoms with E-state index >= 15 is 0 Å². The summed E-state index contributed by atoms with van der Waals surface area (Å²) in [5.74, 6) is -6.72. The number of fused-ring (bicyclic) bond motifs is 2. The van der Waals surface area contributed by atoms with Crippen molar-refractivity contribution in [3.05, 3.63) is 144 Å². The van der Waals surface area contributed by atoms with Crippen molar-refractivity contribution in [2.75, 3.05) is 37.5 Å². The monoisotopic (exact) mass is 1240 g/mol. The van der Waals surface area contributed by atoms with Gasteiger partial charge in [-0.05, 0) is 94.3 Å². The minimum absolute atomic E-state index is 0.00446. The van der Waals surface area contributed by atoms with Crippen LogP contribution in [0.2, 0.25) is 0 Å². The van der Waals surface area contributed by atoms with Gasteiger partial charge < -0.3 is 38.5 Å². The molecule has 0 radical (unpaired) electrons. The minimum atomic E-state index is -5.16. The molecule has 4 aromatic heterocycles. The average molecular weight is 1240 g/mol. The fourth-order valence-corrected chi connectivity index (χ4v) is 8.28. The second-order valence-corrected chi connectivity index (χ2v) is 19.6. The number of anilines is 2. The summed E-state index contributed by atoms with van der Waals surface area (Å²) in [6.45, 7) is 6.55. The van der Waals surface area contributed by atoms with E-state index in [1.807, 2.05) is 0 Å². The van der Waals surface area contributed by atoms with E-state index in [4.69, 9.17) is 23.7 Å². The van der Waals surface area contributed by atoms with E-state index in [-0.39, 0.29) is 51.2 Å². The lowest BCUT2D eigenvalue weighted by Crippen LogP contribution is -2.39. The third kappa shape index (κ3) is 17.3. The van der Waals surface area contributed by atoms with Crippen LogP contribution in [0.4, 0.5) is 77.6 Å². The predicted octanol–water partition coefficient (Wildman–Crippen LogP) is 15.9. The molecule has 1 N–H and O–H groups in total. The fourth-order valence-electron chi connectivity index (χ4n) is 8.28. The molecule has 1 amide bonds. The van der Waals surface area contributed by atoms with Crippen LogP contribution in [0.25, 0.3) is 33.8 Å². The lowest BCUT2D eigenvalue weighted by molar-refractivity contribution is -0.276.